The fourth-order valence-corrected chi connectivity index (χ4v) is 2.02. The Morgan fingerprint density at radius 3 is 2.57 bits per heavy atom. The van der Waals surface area contributed by atoms with Gasteiger partial charge in [-0.1, -0.05) is 18.6 Å². The molecule has 1 unspecified atom stereocenters. The number of hydrogen-bond acceptors (Lipinski definition) is 4. The van der Waals surface area contributed by atoms with E-state index in [1.807, 2.05) is 33.8 Å². The van der Waals surface area contributed by atoms with Crippen LogP contribution < -0.4 is 5.32 Å². The minimum atomic E-state index is -0.829. The summed E-state index contributed by atoms with van der Waals surface area (Å²) in [6.45, 7) is 9.03. The minimum absolute atomic E-state index is 0.303. The summed E-state index contributed by atoms with van der Waals surface area (Å²) in [5.41, 5.74) is 0.646. The lowest BCUT2D eigenvalue weighted by atomic mass is 10.1. The van der Waals surface area contributed by atoms with Crippen LogP contribution in [0.1, 0.15) is 40.5 Å². The van der Waals surface area contributed by atoms with Crippen molar-refractivity contribution in [1.29, 1.82) is 0 Å². The van der Waals surface area contributed by atoms with Gasteiger partial charge in [-0.3, -0.25) is 4.79 Å². The third kappa shape index (κ3) is 6.16. The Balaban J connectivity index is 2.43. The second-order valence-electron chi connectivity index (χ2n) is 6.22. The molecule has 0 spiro atoms. The van der Waals surface area contributed by atoms with Crippen molar-refractivity contribution in [3.05, 3.63) is 11.6 Å². The maximum absolute atomic E-state index is 11.9. The van der Waals surface area contributed by atoms with Gasteiger partial charge < -0.3 is 20.1 Å². The number of carbonyl (C=O) groups is 2. The fourth-order valence-electron chi connectivity index (χ4n) is 2.02. The molecule has 0 aliphatic carbocycles. The number of ether oxygens (including phenoxy) is 1. The van der Waals surface area contributed by atoms with Crippen LogP contribution >= 0.6 is 0 Å². The first-order chi connectivity index (χ1) is 9.73. The highest BCUT2D eigenvalue weighted by atomic mass is 16.6. The quantitative estimate of drug-likeness (QED) is 0.759. The maximum atomic E-state index is 11.9. The van der Waals surface area contributed by atoms with Gasteiger partial charge >= 0.3 is 12.1 Å². The molecule has 6 heteroatoms. The van der Waals surface area contributed by atoms with Crippen LogP contribution in [0.3, 0.4) is 0 Å². The number of nitrogens with zero attached hydrogens (tertiary/aromatic N) is 1. The smallest absolute Gasteiger partial charge is 0.410 e. The molecule has 0 radical (unpaired) electrons. The minimum Gasteiger partial charge on any atom is -0.480 e. The number of carboxylic acids is 1. The lowest BCUT2D eigenvalue weighted by molar-refractivity contribution is -0.139. The molecule has 0 aromatic carbocycles. The van der Waals surface area contributed by atoms with Crippen molar-refractivity contribution in [3.63, 3.8) is 0 Å². The molecular weight excluding hydrogens is 272 g/mol. The summed E-state index contributed by atoms with van der Waals surface area (Å²) in [7, 11) is 0. The summed E-state index contributed by atoms with van der Waals surface area (Å²) in [4.78, 5) is 24.5. The van der Waals surface area contributed by atoms with Gasteiger partial charge in [-0.15, -0.1) is 0 Å². The fraction of sp³-hybridized carbons (Fsp3) is 0.733. The molecular formula is C15H26N2O4. The Morgan fingerprint density at radius 2 is 2.14 bits per heavy atom. The van der Waals surface area contributed by atoms with Crippen molar-refractivity contribution in [2.45, 2.75) is 52.2 Å². The molecule has 6 nitrogen and oxygen atoms in total. The average molecular weight is 298 g/mol. The van der Waals surface area contributed by atoms with Gasteiger partial charge in [0.25, 0.3) is 0 Å². The number of carboxylic acid groups (broad SMARTS) is 1. The lowest BCUT2D eigenvalue weighted by Gasteiger charge is -2.29. The van der Waals surface area contributed by atoms with Gasteiger partial charge in [-0.2, -0.15) is 0 Å². The van der Waals surface area contributed by atoms with Crippen molar-refractivity contribution >= 4 is 12.1 Å². The predicted molar refractivity (Wildman–Crippen MR) is 80.2 cm³/mol. The standard InChI is InChI=1S/C15H26N2O4/c1-5-12(13(18)19)16-10-11-6-8-17(9-7-11)14(20)21-15(2,3)4/h6,12,16H,5,7-10H2,1-4H3,(H,18,19). The van der Waals surface area contributed by atoms with Gasteiger partial charge in [-0.25, -0.2) is 4.79 Å². The molecule has 0 aromatic heterocycles. The molecule has 1 atom stereocenters. The van der Waals surface area contributed by atoms with Gasteiger partial charge in [0.2, 0.25) is 0 Å². The van der Waals surface area contributed by atoms with E-state index in [1.54, 1.807) is 4.90 Å². The van der Waals surface area contributed by atoms with Crippen molar-refractivity contribution in [2.75, 3.05) is 19.6 Å². The van der Waals surface area contributed by atoms with Crippen molar-refractivity contribution in [3.8, 4) is 0 Å². The summed E-state index contributed by atoms with van der Waals surface area (Å²) < 4.78 is 5.32. The Labute approximate surface area is 126 Å². The monoisotopic (exact) mass is 298 g/mol. The number of rotatable bonds is 5. The zero-order valence-electron chi connectivity index (χ0n) is 13.3. The molecule has 21 heavy (non-hydrogen) atoms. The van der Waals surface area contributed by atoms with E-state index in [1.165, 1.54) is 0 Å². The molecule has 0 saturated carbocycles. The van der Waals surface area contributed by atoms with E-state index in [2.05, 4.69) is 5.32 Å². The maximum Gasteiger partial charge on any atom is 0.410 e. The third-order valence-electron chi connectivity index (χ3n) is 3.24. The Bertz CT molecular complexity index is 412. The summed E-state index contributed by atoms with van der Waals surface area (Å²) in [6.07, 6.45) is 2.95. The molecule has 120 valence electrons. The van der Waals surface area contributed by atoms with Crippen LogP contribution in [0, 0.1) is 0 Å². The summed E-state index contributed by atoms with van der Waals surface area (Å²) >= 11 is 0. The van der Waals surface area contributed by atoms with E-state index in [-0.39, 0.29) is 6.09 Å². The topological polar surface area (TPSA) is 78.9 Å². The Morgan fingerprint density at radius 1 is 1.48 bits per heavy atom. The van der Waals surface area contributed by atoms with E-state index in [0.717, 1.165) is 12.0 Å². The highest BCUT2D eigenvalue weighted by molar-refractivity contribution is 5.73. The number of hydrogen-bond donors (Lipinski definition) is 2. The first kappa shape index (κ1) is 17.5. The molecule has 1 amide bonds. The van der Waals surface area contributed by atoms with E-state index < -0.39 is 17.6 Å². The molecule has 1 aliphatic heterocycles. The van der Waals surface area contributed by atoms with Crippen molar-refractivity contribution in [1.82, 2.24) is 10.2 Å². The zero-order chi connectivity index (χ0) is 16.0. The Hall–Kier alpha value is -1.56. The van der Waals surface area contributed by atoms with E-state index in [9.17, 15) is 9.59 Å². The average Bonchev–Trinajstić information content (AvgIpc) is 2.37. The van der Waals surface area contributed by atoms with Crippen LogP contribution in [-0.4, -0.2) is 53.3 Å². The summed E-state index contributed by atoms with van der Waals surface area (Å²) in [5.74, 6) is -0.829. The number of aliphatic carboxylic acids is 1. The number of amides is 1. The molecule has 0 bridgehead atoms. The first-order valence-electron chi connectivity index (χ1n) is 7.35. The van der Waals surface area contributed by atoms with Gasteiger partial charge in [-0.05, 0) is 33.6 Å². The zero-order valence-corrected chi connectivity index (χ0v) is 13.3. The van der Waals surface area contributed by atoms with E-state index in [0.29, 0.717) is 26.1 Å². The van der Waals surface area contributed by atoms with Crippen LogP contribution in [0.5, 0.6) is 0 Å². The highest BCUT2D eigenvalue weighted by Gasteiger charge is 2.23. The van der Waals surface area contributed by atoms with E-state index in [4.69, 9.17) is 9.84 Å². The van der Waals surface area contributed by atoms with Crippen LogP contribution in [0.15, 0.2) is 11.6 Å². The van der Waals surface area contributed by atoms with Crippen LogP contribution in [-0.2, 0) is 9.53 Å². The highest BCUT2D eigenvalue weighted by Crippen LogP contribution is 2.15. The SMILES string of the molecule is CCC(NCC1=CCN(C(=O)OC(C)(C)C)CC1)C(=O)O. The molecule has 2 N–H and O–H groups in total. The molecule has 0 aromatic rings. The lowest BCUT2D eigenvalue weighted by Crippen LogP contribution is -2.41. The molecule has 1 heterocycles. The van der Waals surface area contributed by atoms with Crippen molar-refractivity contribution < 1.29 is 19.4 Å². The summed E-state index contributed by atoms with van der Waals surface area (Å²) in [6, 6.07) is -0.519. The normalized spacial score (nSPS) is 17.1. The van der Waals surface area contributed by atoms with Crippen LogP contribution in [0.4, 0.5) is 4.79 Å². The Kier molecular flexibility index (Phi) is 6.20. The molecule has 0 saturated heterocycles. The predicted octanol–water partition coefficient (Wildman–Crippen LogP) is 2.01. The largest absolute Gasteiger partial charge is 0.480 e. The van der Waals surface area contributed by atoms with Crippen LogP contribution in [0.25, 0.3) is 0 Å². The van der Waals surface area contributed by atoms with Crippen LogP contribution in [0.2, 0.25) is 0 Å². The second-order valence-corrected chi connectivity index (χ2v) is 6.22. The molecule has 1 rings (SSSR count). The second kappa shape index (κ2) is 7.45. The van der Waals surface area contributed by atoms with Gasteiger partial charge in [0.05, 0.1) is 0 Å². The van der Waals surface area contributed by atoms with Gasteiger partial charge in [0.15, 0.2) is 0 Å². The number of nitrogens with one attached hydrogen (secondary N) is 1. The van der Waals surface area contributed by atoms with Crippen molar-refractivity contribution in [2.24, 2.45) is 0 Å². The first-order valence-corrected chi connectivity index (χ1v) is 7.35. The van der Waals surface area contributed by atoms with Gasteiger partial charge in [0, 0.05) is 19.6 Å². The van der Waals surface area contributed by atoms with Gasteiger partial charge in [0.1, 0.15) is 11.6 Å². The molecule has 0 fully saturated rings. The molecule has 1 aliphatic rings. The van der Waals surface area contributed by atoms with E-state index >= 15 is 0 Å². The third-order valence-corrected chi connectivity index (χ3v) is 3.24. The summed E-state index contributed by atoms with van der Waals surface area (Å²) in [5, 5.41) is 12.0. The number of carbonyl (C=O) groups excluding carboxylic acids is 1.